The van der Waals surface area contributed by atoms with Crippen LogP contribution in [-0.4, -0.2) is 41.1 Å². The fourth-order valence-corrected chi connectivity index (χ4v) is 3.66. The maximum atomic E-state index is 13.2. The number of hydrogen-bond acceptors (Lipinski definition) is 5. The molecule has 0 aliphatic heterocycles. The lowest BCUT2D eigenvalue weighted by molar-refractivity contribution is 0.0752. The highest BCUT2D eigenvalue weighted by Gasteiger charge is 2.17. The third kappa shape index (κ3) is 4.54. The maximum absolute atomic E-state index is 13.2. The van der Waals surface area contributed by atoms with Gasteiger partial charge < -0.3 is 19.4 Å². The predicted octanol–water partition coefficient (Wildman–Crippen LogP) is 3.92. The summed E-state index contributed by atoms with van der Waals surface area (Å²) in [6, 6.07) is 10.6. The molecule has 1 N–H and O–H groups in total. The molecule has 1 amide bonds. The molecular formula is C23H25N3O4S. The van der Waals surface area contributed by atoms with Crippen molar-refractivity contribution in [3.8, 4) is 11.5 Å². The molecule has 0 bridgehead atoms. The number of aromatic amines is 1. The van der Waals surface area contributed by atoms with Crippen molar-refractivity contribution < 1.29 is 14.3 Å². The Balaban J connectivity index is 1.93. The molecule has 8 heteroatoms. The van der Waals surface area contributed by atoms with Gasteiger partial charge in [0.2, 0.25) is 0 Å². The molecule has 3 rings (SSSR count). The van der Waals surface area contributed by atoms with Crippen molar-refractivity contribution in [1.29, 1.82) is 0 Å². The van der Waals surface area contributed by atoms with E-state index < -0.39 is 0 Å². The molecule has 162 valence electrons. The summed E-state index contributed by atoms with van der Waals surface area (Å²) in [5.41, 5.74) is 1.71. The summed E-state index contributed by atoms with van der Waals surface area (Å²) in [6.45, 7) is 6.81. The van der Waals surface area contributed by atoms with Gasteiger partial charge in [-0.15, -0.1) is 6.58 Å². The van der Waals surface area contributed by atoms with Crippen LogP contribution in [0.4, 0.5) is 0 Å². The number of benzene rings is 2. The lowest BCUT2D eigenvalue weighted by Crippen LogP contribution is -2.30. The largest absolute Gasteiger partial charge is 0.493 e. The molecule has 0 aliphatic rings. The SMILES string of the molecule is C=CCn1c(=S)[nH]c2cc(C(=O)N(CC)Cc3ccc(OC)c(OC)c3)ccc2c1=O. The number of nitrogens with zero attached hydrogens (tertiary/aromatic N) is 2. The smallest absolute Gasteiger partial charge is 0.262 e. The number of amides is 1. The number of hydrogen-bond donors (Lipinski definition) is 1. The Morgan fingerprint density at radius 3 is 2.58 bits per heavy atom. The van der Waals surface area contributed by atoms with Crippen molar-refractivity contribution in [2.45, 2.75) is 20.0 Å². The number of carbonyl (C=O) groups is 1. The Bertz CT molecular complexity index is 1250. The third-order valence-corrected chi connectivity index (χ3v) is 5.35. The van der Waals surface area contributed by atoms with Gasteiger partial charge in [-0.25, -0.2) is 0 Å². The van der Waals surface area contributed by atoms with Crippen LogP contribution in [0.15, 0.2) is 53.8 Å². The van der Waals surface area contributed by atoms with Crippen LogP contribution < -0.4 is 15.0 Å². The number of carbonyl (C=O) groups excluding carboxylic acids is 1. The predicted molar refractivity (Wildman–Crippen MR) is 124 cm³/mol. The van der Waals surface area contributed by atoms with Gasteiger partial charge in [0.1, 0.15) is 0 Å². The first kappa shape index (κ1) is 22.3. The van der Waals surface area contributed by atoms with Crippen LogP contribution in [0.3, 0.4) is 0 Å². The molecule has 2 aromatic carbocycles. The standard InChI is InChI=1S/C23H25N3O4S/c1-5-11-26-22(28)17-9-8-16(13-18(17)24-23(26)31)21(27)25(6-2)14-15-7-10-19(29-3)20(12-15)30-4/h5,7-10,12-13H,1,6,11,14H2,2-4H3,(H,24,31). The maximum Gasteiger partial charge on any atom is 0.262 e. The van der Waals surface area contributed by atoms with E-state index in [0.717, 1.165) is 5.56 Å². The molecule has 1 aromatic heterocycles. The molecule has 0 spiro atoms. The van der Waals surface area contributed by atoms with Crippen LogP contribution in [-0.2, 0) is 13.1 Å². The summed E-state index contributed by atoms with van der Waals surface area (Å²) >= 11 is 5.29. The molecule has 31 heavy (non-hydrogen) atoms. The van der Waals surface area contributed by atoms with Crippen LogP contribution in [0.5, 0.6) is 11.5 Å². The first-order valence-corrected chi connectivity index (χ1v) is 10.2. The van der Waals surface area contributed by atoms with Crippen molar-refractivity contribution in [2.75, 3.05) is 20.8 Å². The summed E-state index contributed by atoms with van der Waals surface area (Å²) in [7, 11) is 3.16. The first-order chi connectivity index (χ1) is 14.9. The van der Waals surface area contributed by atoms with Gasteiger partial charge in [0, 0.05) is 25.2 Å². The lowest BCUT2D eigenvalue weighted by Gasteiger charge is -2.22. The van der Waals surface area contributed by atoms with Crippen LogP contribution >= 0.6 is 12.2 Å². The van der Waals surface area contributed by atoms with Gasteiger partial charge in [-0.05, 0) is 55.0 Å². The molecule has 0 saturated carbocycles. The average Bonchev–Trinajstić information content (AvgIpc) is 2.79. The van der Waals surface area contributed by atoms with Crippen LogP contribution in [0.2, 0.25) is 0 Å². The van der Waals surface area contributed by atoms with E-state index in [1.54, 1.807) is 43.4 Å². The van der Waals surface area contributed by atoms with Gasteiger partial charge in [-0.1, -0.05) is 12.1 Å². The van der Waals surface area contributed by atoms with Crippen molar-refractivity contribution in [2.24, 2.45) is 0 Å². The number of allylic oxidation sites excluding steroid dienone is 1. The molecule has 1 heterocycles. The third-order valence-electron chi connectivity index (χ3n) is 5.03. The van der Waals surface area contributed by atoms with Crippen molar-refractivity contribution in [3.05, 3.63) is 75.3 Å². The number of fused-ring (bicyclic) bond motifs is 1. The average molecular weight is 440 g/mol. The second-order valence-corrected chi connectivity index (χ2v) is 7.29. The Kier molecular flexibility index (Phi) is 6.91. The van der Waals surface area contributed by atoms with E-state index in [9.17, 15) is 9.59 Å². The summed E-state index contributed by atoms with van der Waals surface area (Å²) < 4.78 is 12.4. The van der Waals surface area contributed by atoms with Crippen LogP contribution in [0, 0.1) is 4.77 Å². The highest BCUT2D eigenvalue weighted by molar-refractivity contribution is 7.71. The summed E-state index contributed by atoms with van der Waals surface area (Å²) in [5.74, 6) is 1.10. The highest BCUT2D eigenvalue weighted by atomic mass is 32.1. The number of nitrogens with one attached hydrogen (secondary N) is 1. The van der Waals surface area contributed by atoms with Gasteiger partial charge >= 0.3 is 0 Å². The Morgan fingerprint density at radius 2 is 1.94 bits per heavy atom. The Morgan fingerprint density at radius 1 is 1.19 bits per heavy atom. The van der Waals surface area contributed by atoms with Crippen LogP contribution in [0.1, 0.15) is 22.8 Å². The van der Waals surface area contributed by atoms with E-state index in [0.29, 0.717) is 52.4 Å². The molecular weight excluding hydrogens is 414 g/mol. The lowest BCUT2D eigenvalue weighted by atomic mass is 10.1. The number of ether oxygens (including phenoxy) is 2. The fourth-order valence-electron chi connectivity index (χ4n) is 3.39. The molecule has 0 atom stereocenters. The van der Waals surface area contributed by atoms with Gasteiger partial charge in [-0.3, -0.25) is 14.2 Å². The highest BCUT2D eigenvalue weighted by Crippen LogP contribution is 2.28. The van der Waals surface area contributed by atoms with Crippen molar-refractivity contribution in [3.63, 3.8) is 0 Å². The van der Waals surface area contributed by atoms with E-state index in [2.05, 4.69) is 11.6 Å². The van der Waals surface area contributed by atoms with Crippen LogP contribution in [0.25, 0.3) is 10.9 Å². The summed E-state index contributed by atoms with van der Waals surface area (Å²) in [4.78, 5) is 30.6. The summed E-state index contributed by atoms with van der Waals surface area (Å²) in [6.07, 6.45) is 1.61. The molecule has 0 unspecified atom stereocenters. The molecule has 0 fully saturated rings. The topological polar surface area (TPSA) is 76.6 Å². The minimum Gasteiger partial charge on any atom is -0.493 e. The molecule has 0 saturated heterocycles. The number of methoxy groups -OCH3 is 2. The van der Waals surface area contributed by atoms with Crippen molar-refractivity contribution in [1.82, 2.24) is 14.5 Å². The van der Waals surface area contributed by atoms with E-state index in [1.807, 2.05) is 25.1 Å². The number of H-pyrrole nitrogens is 1. The van der Waals surface area contributed by atoms with E-state index >= 15 is 0 Å². The Labute approximate surface area is 185 Å². The molecule has 0 aliphatic carbocycles. The second kappa shape index (κ2) is 9.61. The molecule has 3 aromatic rings. The van der Waals surface area contributed by atoms with Crippen molar-refractivity contribution >= 4 is 29.0 Å². The minimum atomic E-state index is -0.213. The zero-order valence-corrected chi connectivity index (χ0v) is 18.6. The quantitative estimate of drug-likeness (QED) is 0.425. The van der Waals surface area contributed by atoms with Gasteiger partial charge in [0.15, 0.2) is 16.3 Å². The second-order valence-electron chi connectivity index (χ2n) is 6.90. The summed E-state index contributed by atoms with van der Waals surface area (Å²) in [5, 5.41) is 0.468. The van der Waals surface area contributed by atoms with Gasteiger partial charge in [0.05, 0.1) is 25.1 Å². The Hall–Kier alpha value is -3.39. The monoisotopic (exact) mass is 439 g/mol. The number of aromatic nitrogens is 2. The molecule has 0 radical (unpaired) electrons. The van der Waals surface area contributed by atoms with E-state index in [-0.39, 0.29) is 11.5 Å². The zero-order valence-electron chi connectivity index (χ0n) is 17.8. The van der Waals surface area contributed by atoms with E-state index in [1.165, 1.54) is 4.57 Å². The minimum absolute atomic E-state index is 0.145. The first-order valence-electron chi connectivity index (χ1n) is 9.81. The fraction of sp³-hybridized carbons (Fsp3) is 0.261. The molecule has 7 nitrogen and oxygen atoms in total. The van der Waals surface area contributed by atoms with Gasteiger partial charge in [-0.2, -0.15) is 0 Å². The van der Waals surface area contributed by atoms with E-state index in [4.69, 9.17) is 21.7 Å². The number of rotatable bonds is 8. The normalized spacial score (nSPS) is 10.7. The van der Waals surface area contributed by atoms with Gasteiger partial charge in [0.25, 0.3) is 11.5 Å². The zero-order chi connectivity index (χ0) is 22.5.